The third kappa shape index (κ3) is 6.40. The van der Waals surface area contributed by atoms with Gasteiger partial charge in [-0.15, -0.1) is 11.6 Å². The number of aliphatic hydroxyl groups excluding tert-OH is 1. The van der Waals surface area contributed by atoms with Gasteiger partial charge in [0.2, 0.25) is 0 Å². The van der Waals surface area contributed by atoms with E-state index in [1.165, 1.54) is 0 Å². The molecule has 4 nitrogen and oxygen atoms in total. The van der Waals surface area contributed by atoms with Crippen molar-refractivity contribution < 1.29 is 14.6 Å². The van der Waals surface area contributed by atoms with Crippen molar-refractivity contribution in [2.75, 3.05) is 25.6 Å². The van der Waals surface area contributed by atoms with Crippen LogP contribution in [0.5, 0.6) is 11.5 Å². The maximum atomic E-state index is 9.52. The molecule has 0 saturated heterocycles. The van der Waals surface area contributed by atoms with Crippen molar-refractivity contribution in [3.05, 3.63) is 57.6 Å². The second kappa shape index (κ2) is 10.7. The number of nitrogens with two attached hydrogens (primary N) is 1. The van der Waals surface area contributed by atoms with Gasteiger partial charge in [0.1, 0.15) is 18.5 Å². The third-order valence-electron chi connectivity index (χ3n) is 4.79. The SMILES string of the molecule is CC(CCl)COc1c(Cl)cc(C(C)(C)c2ccc(OCC(O)CN)cc2)cc1Cl. The second-order valence-corrected chi connectivity index (χ2v) is 8.81. The number of hydrogen-bond donors (Lipinski definition) is 2. The molecule has 2 aromatic rings. The van der Waals surface area contributed by atoms with Crippen molar-refractivity contribution in [1.29, 1.82) is 0 Å². The molecule has 0 aromatic heterocycles. The molecule has 29 heavy (non-hydrogen) atoms. The predicted octanol–water partition coefficient (Wildman–Crippen LogP) is 5.27. The van der Waals surface area contributed by atoms with Gasteiger partial charge in [-0.05, 0) is 35.4 Å². The molecule has 0 aliphatic carbocycles. The summed E-state index contributed by atoms with van der Waals surface area (Å²) in [5, 5.41) is 10.5. The van der Waals surface area contributed by atoms with Crippen LogP contribution in [0.1, 0.15) is 31.9 Å². The Morgan fingerprint density at radius 3 is 2.10 bits per heavy atom. The Balaban J connectivity index is 2.19. The highest BCUT2D eigenvalue weighted by atomic mass is 35.5. The average Bonchev–Trinajstić information content (AvgIpc) is 2.71. The van der Waals surface area contributed by atoms with Gasteiger partial charge in [0, 0.05) is 23.8 Å². The minimum atomic E-state index is -0.677. The van der Waals surface area contributed by atoms with Crippen LogP contribution in [0.25, 0.3) is 0 Å². The number of benzene rings is 2. The lowest BCUT2D eigenvalue weighted by molar-refractivity contribution is 0.114. The lowest BCUT2D eigenvalue weighted by Gasteiger charge is -2.27. The van der Waals surface area contributed by atoms with E-state index in [-0.39, 0.29) is 24.5 Å². The number of ether oxygens (including phenoxy) is 2. The maximum absolute atomic E-state index is 9.52. The van der Waals surface area contributed by atoms with Crippen molar-refractivity contribution in [2.24, 2.45) is 11.7 Å². The van der Waals surface area contributed by atoms with E-state index in [2.05, 4.69) is 13.8 Å². The van der Waals surface area contributed by atoms with Crippen LogP contribution in [0.2, 0.25) is 10.0 Å². The number of halogens is 3. The van der Waals surface area contributed by atoms with Crippen LogP contribution in [-0.2, 0) is 5.41 Å². The Morgan fingerprint density at radius 1 is 1.00 bits per heavy atom. The molecule has 0 amide bonds. The van der Waals surface area contributed by atoms with Gasteiger partial charge in [-0.25, -0.2) is 0 Å². The van der Waals surface area contributed by atoms with E-state index in [9.17, 15) is 5.11 Å². The van der Waals surface area contributed by atoms with Gasteiger partial charge >= 0.3 is 0 Å². The standard InChI is InChI=1S/C22H28Cl3NO3/c1-14(10-23)12-29-21-19(24)8-16(9-20(21)25)22(2,3)15-4-6-18(7-5-15)28-13-17(27)11-26/h4-9,14,17,27H,10-13,26H2,1-3H3. The largest absolute Gasteiger partial charge is 0.491 e. The second-order valence-electron chi connectivity index (χ2n) is 7.69. The number of rotatable bonds is 10. The molecule has 0 radical (unpaired) electrons. The van der Waals surface area contributed by atoms with E-state index < -0.39 is 6.10 Å². The summed E-state index contributed by atoms with van der Waals surface area (Å²) in [5.74, 6) is 1.86. The van der Waals surface area contributed by atoms with Gasteiger partial charge in [0.15, 0.2) is 5.75 Å². The Labute approximate surface area is 187 Å². The molecule has 160 valence electrons. The van der Waals surface area contributed by atoms with E-state index in [4.69, 9.17) is 50.0 Å². The molecule has 0 aliphatic heterocycles. The maximum Gasteiger partial charge on any atom is 0.156 e. The summed E-state index contributed by atoms with van der Waals surface area (Å²) in [7, 11) is 0. The Kier molecular flexibility index (Phi) is 8.92. The van der Waals surface area contributed by atoms with Gasteiger partial charge in [0.25, 0.3) is 0 Å². The molecule has 2 aromatic carbocycles. The molecule has 3 N–H and O–H groups in total. The van der Waals surface area contributed by atoms with E-state index in [1.807, 2.05) is 43.3 Å². The van der Waals surface area contributed by atoms with E-state index in [0.29, 0.717) is 34.0 Å². The fourth-order valence-electron chi connectivity index (χ4n) is 2.72. The Hall–Kier alpha value is -1.17. The summed E-state index contributed by atoms with van der Waals surface area (Å²) in [4.78, 5) is 0. The van der Waals surface area contributed by atoms with Gasteiger partial charge in [-0.1, -0.05) is 56.1 Å². The summed E-state index contributed by atoms with van der Waals surface area (Å²) in [6.45, 7) is 6.96. The number of aliphatic hydroxyl groups is 1. The van der Waals surface area contributed by atoms with Crippen molar-refractivity contribution in [2.45, 2.75) is 32.3 Å². The average molecular weight is 461 g/mol. The lowest BCUT2D eigenvalue weighted by atomic mass is 9.78. The lowest BCUT2D eigenvalue weighted by Crippen LogP contribution is -2.26. The first kappa shape index (κ1) is 24.1. The topological polar surface area (TPSA) is 64.7 Å². The summed E-state index contributed by atoms with van der Waals surface area (Å²) < 4.78 is 11.3. The first-order valence-electron chi connectivity index (χ1n) is 9.48. The molecule has 2 rings (SSSR count). The summed E-state index contributed by atoms with van der Waals surface area (Å²) >= 11 is 18.8. The summed E-state index contributed by atoms with van der Waals surface area (Å²) in [6.07, 6.45) is -0.677. The minimum absolute atomic E-state index is 0.161. The Bertz CT molecular complexity index is 773. The molecular weight excluding hydrogens is 433 g/mol. The molecule has 0 fully saturated rings. The summed E-state index contributed by atoms with van der Waals surface area (Å²) in [5.41, 5.74) is 7.09. The van der Waals surface area contributed by atoms with Crippen LogP contribution >= 0.6 is 34.8 Å². The highest BCUT2D eigenvalue weighted by molar-refractivity contribution is 6.37. The molecule has 0 saturated carbocycles. The molecule has 2 unspecified atom stereocenters. The zero-order valence-corrected chi connectivity index (χ0v) is 19.2. The molecule has 0 bridgehead atoms. The fourth-order valence-corrected chi connectivity index (χ4v) is 3.41. The van der Waals surface area contributed by atoms with Crippen molar-refractivity contribution in [3.8, 4) is 11.5 Å². The quantitative estimate of drug-likeness (QED) is 0.474. The van der Waals surface area contributed by atoms with Crippen molar-refractivity contribution in [1.82, 2.24) is 0 Å². The normalized spacial score (nSPS) is 13.8. The van der Waals surface area contributed by atoms with Gasteiger partial charge in [0.05, 0.1) is 16.7 Å². The van der Waals surface area contributed by atoms with Gasteiger partial charge in [-0.3, -0.25) is 0 Å². The molecule has 2 atom stereocenters. The number of alkyl halides is 1. The van der Waals surface area contributed by atoms with Crippen LogP contribution in [0, 0.1) is 5.92 Å². The minimum Gasteiger partial charge on any atom is -0.491 e. The monoisotopic (exact) mass is 459 g/mol. The van der Waals surface area contributed by atoms with Crippen LogP contribution in [0.3, 0.4) is 0 Å². The first-order chi connectivity index (χ1) is 13.7. The first-order valence-corrected chi connectivity index (χ1v) is 10.8. The van der Waals surface area contributed by atoms with Crippen molar-refractivity contribution in [3.63, 3.8) is 0 Å². The van der Waals surface area contributed by atoms with Crippen LogP contribution < -0.4 is 15.2 Å². The van der Waals surface area contributed by atoms with E-state index >= 15 is 0 Å². The third-order valence-corrected chi connectivity index (χ3v) is 5.87. The predicted molar refractivity (Wildman–Crippen MR) is 121 cm³/mol. The van der Waals surface area contributed by atoms with Crippen LogP contribution in [0.4, 0.5) is 0 Å². The zero-order chi connectivity index (χ0) is 21.6. The molecular formula is C22H28Cl3NO3. The number of hydrogen-bond acceptors (Lipinski definition) is 4. The fraction of sp³-hybridized carbons (Fsp3) is 0.455. The van der Waals surface area contributed by atoms with E-state index in [1.54, 1.807) is 0 Å². The highest BCUT2D eigenvalue weighted by Gasteiger charge is 2.26. The molecule has 7 heteroatoms. The van der Waals surface area contributed by atoms with Crippen LogP contribution in [0.15, 0.2) is 36.4 Å². The zero-order valence-electron chi connectivity index (χ0n) is 16.9. The van der Waals surface area contributed by atoms with E-state index in [0.717, 1.165) is 11.1 Å². The molecule has 0 aliphatic rings. The summed E-state index contributed by atoms with van der Waals surface area (Å²) in [6, 6.07) is 11.5. The highest BCUT2D eigenvalue weighted by Crippen LogP contribution is 2.40. The van der Waals surface area contributed by atoms with Crippen LogP contribution in [-0.4, -0.2) is 36.8 Å². The van der Waals surface area contributed by atoms with Gasteiger partial charge in [-0.2, -0.15) is 0 Å². The molecule has 0 spiro atoms. The molecule has 0 heterocycles. The smallest absolute Gasteiger partial charge is 0.156 e. The van der Waals surface area contributed by atoms with Gasteiger partial charge < -0.3 is 20.3 Å². The van der Waals surface area contributed by atoms with Crippen molar-refractivity contribution >= 4 is 34.8 Å². The Morgan fingerprint density at radius 2 is 1.59 bits per heavy atom.